The summed E-state index contributed by atoms with van der Waals surface area (Å²) in [7, 11) is 0. The van der Waals surface area contributed by atoms with E-state index in [4.69, 9.17) is 11.6 Å². The minimum absolute atomic E-state index is 0.320. The number of anilines is 1. The van der Waals surface area contributed by atoms with E-state index in [2.05, 4.69) is 31.7 Å². The van der Waals surface area contributed by atoms with Gasteiger partial charge >= 0.3 is 0 Å². The van der Waals surface area contributed by atoms with Gasteiger partial charge in [-0.15, -0.1) is 0 Å². The zero-order valence-corrected chi connectivity index (χ0v) is 17.1. The molecule has 1 atom stereocenters. The summed E-state index contributed by atoms with van der Waals surface area (Å²) in [4.78, 5) is 2.29. The number of nitrogens with zero attached hydrogens (tertiary/aromatic N) is 3. The lowest BCUT2D eigenvalue weighted by Crippen LogP contribution is -2.49. The van der Waals surface area contributed by atoms with Crippen molar-refractivity contribution in [2.24, 2.45) is 0 Å². The lowest BCUT2D eigenvalue weighted by Gasteiger charge is -2.34. The number of rotatable bonds is 2. The van der Waals surface area contributed by atoms with E-state index >= 15 is 4.39 Å². The smallest absolute Gasteiger partial charge is 0.159 e. The molecule has 2 N–H and O–H groups in total. The van der Waals surface area contributed by atoms with Gasteiger partial charge in [-0.05, 0) is 43.1 Å². The first kappa shape index (κ1) is 17.8. The molecule has 5 rings (SSSR count). The van der Waals surface area contributed by atoms with E-state index in [9.17, 15) is 0 Å². The van der Waals surface area contributed by atoms with E-state index in [0.29, 0.717) is 22.1 Å². The fraction of sp³-hybridized carbons (Fsp3) is 0.300. The highest BCUT2D eigenvalue weighted by Gasteiger charge is 2.26. The molecule has 0 radical (unpaired) electrons. The average molecular weight is 416 g/mol. The molecule has 2 aromatic carbocycles. The molecule has 0 spiro atoms. The van der Waals surface area contributed by atoms with Gasteiger partial charge < -0.3 is 10.2 Å². The summed E-state index contributed by atoms with van der Waals surface area (Å²) < 4.78 is 20.2. The summed E-state index contributed by atoms with van der Waals surface area (Å²) in [5.41, 5.74) is 3.33. The van der Waals surface area contributed by atoms with Crippen LogP contribution in [0.3, 0.4) is 0 Å². The first-order chi connectivity index (χ1) is 13.6. The van der Waals surface area contributed by atoms with E-state index in [-0.39, 0.29) is 5.82 Å². The van der Waals surface area contributed by atoms with Crippen molar-refractivity contribution in [2.45, 2.75) is 19.9 Å². The number of H-pyrrole nitrogens is 1. The molecule has 3 heterocycles. The topological polar surface area (TPSA) is 56.8 Å². The maximum absolute atomic E-state index is 15.7. The second kappa shape index (κ2) is 6.69. The highest BCUT2D eigenvalue weighted by molar-refractivity contribution is 7.11. The van der Waals surface area contributed by atoms with Crippen LogP contribution >= 0.6 is 23.1 Å². The van der Waals surface area contributed by atoms with Crippen molar-refractivity contribution >= 4 is 49.9 Å². The van der Waals surface area contributed by atoms with Crippen LogP contribution in [0.1, 0.15) is 12.5 Å². The largest absolute Gasteiger partial charge is 0.356 e. The SMILES string of the molecule is Cc1ccc2[nH]ncc2c1-c1c(Cl)cc2c(N3CCNC[C@@H]3C)snc2c1F. The lowest BCUT2D eigenvalue weighted by atomic mass is 9.95. The van der Waals surface area contributed by atoms with Gasteiger partial charge in [-0.2, -0.15) is 9.47 Å². The summed E-state index contributed by atoms with van der Waals surface area (Å²) in [6.45, 7) is 6.78. The first-order valence-electron chi connectivity index (χ1n) is 9.24. The molecular formula is C20H19ClFN5S. The van der Waals surface area contributed by atoms with Crippen LogP contribution in [0.5, 0.6) is 0 Å². The van der Waals surface area contributed by atoms with Crippen LogP contribution in [0, 0.1) is 12.7 Å². The summed E-state index contributed by atoms with van der Waals surface area (Å²) in [6.07, 6.45) is 1.71. The molecule has 144 valence electrons. The Balaban J connectivity index is 1.74. The van der Waals surface area contributed by atoms with Gasteiger partial charge in [-0.3, -0.25) is 5.10 Å². The molecule has 8 heteroatoms. The Labute approximate surface area is 170 Å². The molecule has 0 bridgehead atoms. The second-order valence-corrected chi connectivity index (χ2v) is 8.43. The van der Waals surface area contributed by atoms with Crippen molar-refractivity contribution in [3.8, 4) is 11.1 Å². The molecule has 0 aliphatic carbocycles. The normalized spacial score (nSPS) is 17.7. The van der Waals surface area contributed by atoms with Crippen molar-refractivity contribution in [1.82, 2.24) is 19.9 Å². The fourth-order valence-electron chi connectivity index (χ4n) is 4.04. The highest BCUT2D eigenvalue weighted by Crippen LogP contribution is 2.43. The summed E-state index contributed by atoms with van der Waals surface area (Å²) in [6, 6.07) is 6.07. The van der Waals surface area contributed by atoms with Crippen molar-refractivity contribution in [1.29, 1.82) is 0 Å². The number of aromatic amines is 1. The summed E-state index contributed by atoms with van der Waals surface area (Å²) in [5, 5.41) is 13.4. The van der Waals surface area contributed by atoms with Crippen LogP contribution < -0.4 is 10.2 Å². The first-order valence-corrected chi connectivity index (χ1v) is 10.4. The number of hydrogen-bond donors (Lipinski definition) is 2. The van der Waals surface area contributed by atoms with E-state index in [1.54, 1.807) is 6.20 Å². The molecule has 1 aliphatic rings. The Kier molecular flexibility index (Phi) is 4.26. The van der Waals surface area contributed by atoms with Crippen molar-refractivity contribution in [3.63, 3.8) is 0 Å². The molecule has 2 aromatic heterocycles. The summed E-state index contributed by atoms with van der Waals surface area (Å²) in [5.74, 6) is -0.371. The maximum Gasteiger partial charge on any atom is 0.159 e. The Hall–Kier alpha value is -2.22. The van der Waals surface area contributed by atoms with Gasteiger partial charge in [0.25, 0.3) is 0 Å². The van der Waals surface area contributed by atoms with Crippen LogP contribution in [0.4, 0.5) is 9.39 Å². The van der Waals surface area contributed by atoms with Crippen LogP contribution in [0.25, 0.3) is 32.9 Å². The second-order valence-electron chi connectivity index (χ2n) is 7.27. The fourth-order valence-corrected chi connectivity index (χ4v) is 5.31. The number of hydrogen-bond acceptors (Lipinski definition) is 5. The van der Waals surface area contributed by atoms with Gasteiger partial charge in [-0.1, -0.05) is 17.7 Å². The number of nitrogens with one attached hydrogen (secondary N) is 2. The molecule has 0 unspecified atom stereocenters. The van der Waals surface area contributed by atoms with Gasteiger partial charge in [-0.25, -0.2) is 4.39 Å². The van der Waals surface area contributed by atoms with Crippen molar-refractivity contribution in [3.05, 3.63) is 40.8 Å². The maximum atomic E-state index is 15.7. The number of aromatic nitrogens is 3. The zero-order chi connectivity index (χ0) is 19.4. The van der Waals surface area contributed by atoms with Gasteiger partial charge in [0.05, 0.1) is 16.7 Å². The standard InChI is InChI=1S/C20H19ClFN5S/c1-10-3-4-15-13(9-24-25-15)16(10)17-14(21)7-12-19(18(17)22)26-28-20(12)27-6-5-23-8-11(27)2/h3-4,7,9,11,23H,5-6,8H2,1-2H3,(H,24,25)/t11-/m0/s1. The molecule has 28 heavy (non-hydrogen) atoms. The van der Waals surface area contributed by atoms with Crippen molar-refractivity contribution in [2.75, 3.05) is 24.5 Å². The predicted molar refractivity (Wildman–Crippen MR) is 114 cm³/mol. The van der Waals surface area contributed by atoms with E-state index < -0.39 is 0 Å². The molecule has 1 saturated heterocycles. The van der Waals surface area contributed by atoms with Crippen LogP contribution in [-0.4, -0.2) is 40.2 Å². The minimum atomic E-state index is -0.371. The summed E-state index contributed by atoms with van der Waals surface area (Å²) >= 11 is 8.00. The number of fused-ring (bicyclic) bond motifs is 2. The van der Waals surface area contributed by atoms with Gasteiger partial charge in [0.1, 0.15) is 10.5 Å². The zero-order valence-electron chi connectivity index (χ0n) is 15.5. The van der Waals surface area contributed by atoms with Gasteiger partial charge in [0, 0.05) is 47.6 Å². The third-order valence-corrected chi connectivity index (χ3v) is 6.69. The van der Waals surface area contributed by atoms with Crippen LogP contribution in [-0.2, 0) is 0 Å². The Morgan fingerprint density at radius 1 is 1.29 bits per heavy atom. The lowest BCUT2D eigenvalue weighted by molar-refractivity contribution is 0.504. The van der Waals surface area contributed by atoms with E-state index in [1.807, 2.05) is 25.1 Å². The van der Waals surface area contributed by atoms with E-state index in [0.717, 1.165) is 52.1 Å². The van der Waals surface area contributed by atoms with E-state index in [1.165, 1.54) is 11.5 Å². The molecule has 1 aliphatic heterocycles. The number of halogens is 2. The molecule has 1 fully saturated rings. The average Bonchev–Trinajstić information content (AvgIpc) is 3.31. The third kappa shape index (κ3) is 2.61. The Morgan fingerprint density at radius 2 is 2.14 bits per heavy atom. The Morgan fingerprint density at radius 3 is 2.96 bits per heavy atom. The number of piperazine rings is 1. The molecular weight excluding hydrogens is 397 g/mol. The van der Waals surface area contributed by atoms with Crippen molar-refractivity contribution < 1.29 is 4.39 Å². The van der Waals surface area contributed by atoms with Gasteiger partial charge in [0.2, 0.25) is 0 Å². The van der Waals surface area contributed by atoms with Crippen LogP contribution in [0.15, 0.2) is 24.4 Å². The highest BCUT2D eigenvalue weighted by atomic mass is 35.5. The third-order valence-electron chi connectivity index (χ3n) is 5.49. The number of benzene rings is 2. The van der Waals surface area contributed by atoms with Gasteiger partial charge in [0.15, 0.2) is 5.82 Å². The number of aryl methyl sites for hydroxylation is 1. The molecule has 4 aromatic rings. The minimum Gasteiger partial charge on any atom is -0.356 e. The molecule has 0 saturated carbocycles. The monoisotopic (exact) mass is 415 g/mol. The molecule has 5 nitrogen and oxygen atoms in total. The quantitative estimate of drug-likeness (QED) is 0.496. The molecule has 0 amide bonds. The Bertz CT molecular complexity index is 1200. The predicted octanol–water partition coefficient (Wildman–Crippen LogP) is 4.74. The van der Waals surface area contributed by atoms with Crippen LogP contribution in [0.2, 0.25) is 5.02 Å².